The van der Waals surface area contributed by atoms with Gasteiger partial charge in [-0.3, -0.25) is 9.59 Å². The molecular formula is C25H30N8O2S. The van der Waals surface area contributed by atoms with Gasteiger partial charge in [0.25, 0.3) is 11.9 Å². The predicted molar refractivity (Wildman–Crippen MR) is 138 cm³/mol. The van der Waals surface area contributed by atoms with Crippen molar-refractivity contribution in [1.82, 2.24) is 39.9 Å². The number of rotatable bonds is 10. The van der Waals surface area contributed by atoms with Crippen LogP contribution < -0.4 is 10.6 Å². The number of unbranched alkanes of at least 4 members (excludes halogenated alkanes) is 1. The first-order chi connectivity index (χ1) is 17.4. The van der Waals surface area contributed by atoms with Gasteiger partial charge in [-0.05, 0) is 43.7 Å². The van der Waals surface area contributed by atoms with Crippen LogP contribution in [0.3, 0.4) is 0 Å². The van der Waals surface area contributed by atoms with E-state index in [0.29, 0.717) is 17.9 Å². The van der Waals surface area contributed by atoms with Crippen LogP contribution in [0.4, 0.5) is 0 Å². The van der Waals surface area contributed by atoms with E-state index in [-0.39, 0.29) is 24.9 Å². The first-order valence-corrected chi connectivity index (χ1v) is 12.7. The molecule has 0 atom stereocenters. The topological polar surface area (TPSA) is 120 Å². The molecule has 4 heterocycles. The average molecular weight is 507 g/mol. The van der Waals surface area contributed by atoms with E-state index in [1.165, 1.54) is 0 Å². The molecule has 0 fully saturated rings. The number of hydrogen-bond acceptors (Lipinski definition) is 7. The van der Waals surface area contributed by atoms with Crippen molar-refractivity contribution in [2.75, 3.05) is 7.05 Å². The molecule has 36 heavy (non-hydrogen) atoms. The fourth-order valence-electron chi connectivity index (χ4n) is 3.89. The second-order valence-electron chi connectivity index (χ2n) is 8.46. The molecule has 4 aromatic rings. The maximum Gasteiger partial charge on any atom is 0.255 e. The molecule has 0 aliphatic heterocycles. The van der Waals surface area contributed by atoms with Crippen LogP contribution in [0.5, 0.6) is 0 Å². The van der Waals surface area contributed by atoms with E-state index in [9.17, 15) is 9.59 Å². The molecule has 0 unspecified atom stereocenters. The Morgan fingerprint density at radius 3 is 2.69 bits per heavy atom. The van der Waals surface area contributed by atoms with Gasteiger partial charge in [0.2, 0.25) is 5.91 Å². The summed E-state index contributed by atoms with van der Waals surface area (Å²) in [4.78, 5) is 39.8. The highest BCUT2D eigenvalue weighted by atomic mass is 32.1. The van der Waals surface area contributed by atoms with Crippen LogP contribution in [-0.4, -0.2) is 48.2 Å². The number of imidazole rings is 1. The third-order valence-corrected chi connectivity index (χ3v) is 6.82. The second kappa shape index (κ2) is 11.3. The largest absolute Gasteiger partial charge is 0.358 e. The first kappa shape index (κ1) is 25.2. The minimum atomic E-state index is -0.245. The molecule has 188 valence electrons. The van der Waals surface area contributed by atoms with Crippen molar-refractivity contribution in [2.24, 2.45) is 0 Å². The van der Waals surface area contributed by atoms with Gasteiger partial charge in [-0.2, -0.15) is 5.10 Å². The molecule has 0 saturated carbocycles. The highest BCUT2D eigenvalue weighted by Gasteiger charge is 2.21. The van der Waals surface area contributed by atoms with E-state index in [1.54, 1.807) is 46.4 Å². The van der Waals surface area contributed by atoms with Crippen molar-refractivity contribution in [2.45, 2.75) is 53.1 Å². The van der Waals surface area contributed by atoms with E-state index in [4.69, 9.17) is 4.98 Å². The molecule has 4 rings (SSSR count). The minimum absolute atomic E-state index is 0.136. The standard InChI is InChI=1S/C25H30N8O2S/c1-5-6-8-19-18(24(35)27-13-20-17(3)29-15-32(20)14-22(34)26-4)12-30-33(19)25-28-11-16(2)23(31-25)21-9-7-10-36-21/h7,9-12,15H,5-6,8,13-14H2,1-4H3,(H,26,34)(H,27,35). The summed E-state index contributed by atoms with van der Waals surface area (Å²) in [6.07, 6.45) is 7.50. The Morgan fingerprint density at radius 2 is 1.97 bits per heavy atom. The highest BCUT2D eigenvalue weighted by Crippen LogP contribution is 2.26. The summed E-state index contributed by atoms with van der Waals surface area (Å²) in [5.41, 5.74) is 4.63. The fraction of sp³-hybridized carbons (Fsp3) is 0.360. The zero-order valence-electron chi connectivity index (χ0n) is 20.9. The molecule has 0 radical (unpaired) electrons. The first-order valence-electron chi connectivity index (χ1n) is 11.9. The molecule has 0 bridgehead atoms. The number of aromatic nitrogens is 6. The van der Waals surface area contributed by atoms with Crippen LogP contribution in [0.25, 0.3) is 16.5 Å². The highest BCUT2D eigenvalue weighted by molar-refractivity contribution is 7.13. The Morgan fingerprint density at radius 1 is 1.14 bits per heavy atom. The lowest BCUT2D eigenvalue weighted by atomic mass is 10.1. The van der Waals surface area contributed by atoms with E-state index >= 15 is 0 Å². The van der Waals surface area contributed by atoms with Gasteiger partial charge in [0.15, 0.2) is 0 Å². The summed E-state index contributed by atoms with van der Waals surface area (Å²) < 4.78 is 3.41. The Bertz CT molecular complexity index is 1360. The van der Waals surface area contributed by atoms with Crippen molar-refractivity contribution in [3.05, 3.63) is 64.4 Å². The zero-order valence-corrected chi connectivity index (χ0v) is 21.7. The van der Waals surface area contributed by atoms with E-state index in [2.05, 4.69) is 32.6 Å². The number of hydrogen-bond donors (Lipinski definition) is 2. The van der Waals surface area contributed by atoms with Gasteiger partial charge >= 0.3 is 0 Å². The number of amides is 2. The van der Waals surface area contributed by atoms with Crippen LogP contribution in [0.1, 0.15) is 52.8 Å². The molecule has 11 heteroatoms. The lowest BCUT2D eigenvalue weighted by molar-refractivity contribution is -0.121. The van der Waals surface area contributed by atoms with Crippen LogP contribution in [0.15, 0.2) is 36.2 Å². The third kappa shape index (κ3) is 5.35. The van der Waals surface area contributed by atoms with Crippen LogP contribution in [0, 0.1) is 13.8 Å². The van der Waals surface area contributed by atoms with Gasteiger partial charge in [-0.1, -0.05) is 19.4 Å². The number of aryl methyl sites for hydroxylation is 2. The molecule has 4 aromatic heterocycles. The van der Waals surface area contributed by atoms with Gasteiger partial charge in [-0.15, -0.1) is 11.3 Å². The summed E-state index contributed by atoms with van der Waals surface area (Å²) in [5.74, 6) is 0.0572. The Hall–Kier alpha value is -3.86. The Labute approximate surface area is 213 Å². The molecule has 0 aliphatic rings. The molecule has 10 nitrogen and oxygen atoms in total. The lowest BCUT2D eigenvalue weighted by Gasteiger charge is -2.12. The molecule has 2 N–H and O–H groups in total. The smallest absolute Gasteiger partial charge is 0.255 e. The van der Waals surface area contributed by atoms with Gasteiger partial charge < -0.3 is 15.2 Å². The lowest BCUT2D eigenvalue weighted by Crippen LogP contribution is -2.28. The molecule has 0 saturated heterocycles. The third-order valence-electron chi connectivity index (χ3n) is 5.95. The van der Waals surface area contributed by atoms with Gasteiger partial charge in [-0.25, -0.2) is 19.6 Å². The van der Waals surface area contributed by atoms with Crippen molar-refractivity contribution in [1.29, 1.82) is 0 Å². The van der Waals surface area contributed by atoms with E-state index < -0.39 is 0 Å². The predicted octanol–water partition coefficient (Wildman–Crippen LogP) is 3.22. The van der Waals surface area contributed by atoms with Crippen molar-refractivity contribution in [3.63, 3.8) is 0 Å². The SMILES string of the molecule is CCCCc1c(C(=O)NCc2c(C)ncn2CC(=O)NC)cnn1-c1ncc(C)c(-c2cccs2)n1. The molecule has 0 aliphatic carbocycles. The van der Waals surface area contributed by atoms with Crippen molar-refractivity contribution >= 4 is 23.2 Å². The molecular weight excluding hydrogens is 476 g/mol. The number of carbonyl (C=O) groups excluding carboxylic acids is 2. The summed E-state index contributed by atoms with van der Waals surface area (Å²) in [6.45, 7) is 6.32. The van der Waals surface area contributed by atoms with Gasteiger partial charge in [0.1, 0.15) is 6.54 Å². The van der Waals surface area contributed by atoms with Crippen molar-refractivity contribution in [3.8, 4) is 16.5 Å². The summed E-state index contributed by atoms with van der Waals surface area (Å²) >= 11 is 1.62. The van der Waals surface area contributed by atoms with Gasteiger partial charge in [0, 0.05) is 13.2 Å². The average Bonchev–Trinajstić information content (AvgIpc) is 3.62. The Balaban J connectivity index is 1.61. The van der Waals surface area contributed by atoms with Crippen molar-refractivity contribution < 1.29 is 9.59 Å². The number of likely N-dealkylation sites (N-methyl/N-ethyl adjacent to an activating group) is 1. The molecule has 0 aromatic carbocycles. The Kier molecular flexibility index (Phi) is 7.89. The van der Waals surface area contributed by atoms with Crippen LogP contribution in [0.2, 0.25) is 0 Å². The number of nitrogens with zero attached hydrogens (tertiary/aromatic N) is 6. The second-order valence-corrected chi connectivity index (χ2v) is 9.41. The summed E-state index contributed by atoms with van der Waals surface area (Å²) in [7, 11) is 1.59. The summed E-state index contributed by atoms with van der Waals surface area (Å²) in [5, 5.41) is 12.1. The number of carbonyl (C=O) groups is 2. The van der Waals surface area contributed by atoms with Crippen LogP contribution in [-0.2, 0) is 24.3 Å². The van der Waals surface area contributed by atoms with E-state index in [1.807, 2.05) is 31.4 Å². The fourth-order valence-corrected chi connectivity index (χ4v) is 4.66. The van der Waals surface area contributed by atoms with Gasteiger partial charge in [0.05, 0.1) is 52.3 Å². The monoisotopic (exact) mass is 506 g/mol. The zero-order chi connectivity index (χ0) is 25.7. The quantitative estimate of drug-likeness (QED) is 0.341. The maximum absolute atomic E-state index is 13.3. The minimum Gasteiger partial charge on any atom is -0.358 e. The number of thiophene rings is 1. The normalized spacial score (nSPS) is 11.0. The maximum atomic E-state index is 13.3. The summed E-state index contributed by atoms with van der Waals surface area (Å²) in [6, 6.07) is 4.02. The number of nitrogens with one attached hydrogen (secondary N) is 2. The molecule has 2 amide bonds. The van der Waals surface area contributed by atoms with Crippen LogP contribution >= 0.6 is 11.3 Å². The molecule has 0 spiro atoms. The van der Waals surface area contributed by atoms with E-state index in [0.717, 1.165) is 46.1 Å².